The number of aromatic nitrogens is 1. The minimum Gasteiger partial charge on any atom is -0.373 e. The molecule has 3 nitrogen and oxygen atoms in total. The van der Waals surface area contributed by atoms with Gasteiger partial charge in [0.05, 0.1) is 0 Å². The lowest BCUT2D eigenvalue weighted by atomic mass is 9.98. The molecule has 1 saturated heterocycles. The molecule has 1 atom stereocenters. The lowest BCUT2D eigenvalue weighted by Crippen LogP contribution is -2.27. The Balaban J connectivity index is 2.20. The fraction of sp³-hybridized carbons (Fsp3) is 0.545. The molecule has 1 unspecified atom stereocenters. The predicted octanol–water partition coefficient (Wildman–Crippen LogP) is 1.94. The number of piperidine rings is 1. The van der Waals surface area contributed by atoms with Gasteiger partial charge in [0.25, 0.3) is 0 Å². The van der Waals surface area contributed by atoms with E-state index in [-0.39, 0.29) is 0 Å². The number of nitrogens with one attached hydrogen (secondary N) is 2. The van der Waals surface area contributed by atoms with Gasteiger partial charge in [0.1, 0.15) is 5.82 Å². The molecule has 0 saturated carbocycles. The zero-order valence-electron chi connectivity index (χ0n) is 8.59. The van der Waals surface area contributed by atoms with Crippen LogP contribution in [-0.4, -0.2) is 18.6 Å². The maximum atomic E-state index is 4.32. The molecule has 1 fully saturated rings. The van der Waals surface area contributed by atoms with Gasteiger partial charge in [-0.05, 0) is 25.5 Å². The van der Waals surface area contributed by atoms with Gasteiger partial charge >= 0.3 is 0 Å². The summed E-state index contributed by atoms with van der Waals surface area (Å²) in [4.78, 5) is 4.32. The summed E-state index contributed by atoms with van der Waals surface area (Å²) in [6.45, 7) is 1.13. The van der Waals surface area contributed by atoms with Crippen molar-refractivity contribution in [3.05, 3.63) is 23.9 Å². The van der Waals surface area contributed by atoms with Crippen molar-refractivity contribution in [1.29, 1.82) is 0 Å². The predicted molar refractivity (Wildman–Crippen MR) is 58.4 cm³/mol. The normalized spacial score (nSPS) is 21.9. The molecule has 2 rings (SSSR count). The Labute approximate surface area is 84.9 Å². The molecule has 1 aliphatic rings. The van der Waals surface area contributed by atoms with Crippen LogP contribution >= 0.6 is 0 Å². The number of hydrogen-bond donors (Lipinski definition) is 2. The highest BCUT2D eigenvalue weighted by molar-refractivity contribution is 5.45. The molecule has 0 spiro atoms. The summed E-state index contributed by atoms with van der Waals surface area (Å²) < 4.78 is 0. The standard InChI is InChI=1S/C11H17N3/c1-12-11-9(5-4-8-14-11)10-6-2-3-7-13-10/h4-5,8,10,13H,2-3,6-7H2,1H3,(H,12,14). The van der Waals surface area contributed by atoms with E-state index in [0.29, 0.717) is 6.04 Å². The van der Waals surface area contributed by atoms with E-state index in [0.717, 1.165) is 12.4 Å². The van der Waals surface area contributed by atoms with Crippen molar-refractivity contribution in [2.75, 3.05) is 18.9 Å². The van der Waals surface area contributed by atoms with Crippen molar-refractivity contribution >= 4 is 5.82 Å². The summed E-state index contributed by atoms with van der Waals surface area (Å²) in [5, 5.41) is 6.67. The number of rotatable bonds is 2. The van der Waals surface area contributed by atoms with E-state index in [1.54, 1.807) is 0 Å². The molecule has 2 N–H and O–H groups in total. The van der Waals surface area contributed by atoms with Gasteiger partial charge in [0.2, 0.25) is 0 Å². The Hall–Kier alpha value is -1.09. The summed E-state index contributed by atoms with van der Waals surface area (Å²) in [7, 11) is 1.93. The first kappa shape index (κ1) is 9.46. The van der Waals surface area contributed by atoms with Crippen molar-refractivity contribution < 1.29 is 0 Å². The van der Waals surface area contributed by atoms with Crippen molar-refractivity contribution in [3.8, 4) is 0 Å². The van der Waals surface area contributed by atoms with Gasteiger partial charge in [-0.15, -0.1) is 0 Å². The van der Waals surface area contributed by atoms with Crippen LogP contribution in [0.25, 0.3) is 0 Å². The minimum atomic E-state index is 0.486. The Bertz CT molecular complexity index is 292. The maximum absolute atomic E-state index is 4.32. The van der Waals surface area contributed by atoms with E-state index in [4.69, 9.17) is 0 Å². The molecule has 1 aromatic heterocycles. The molecule has 0 amide bonds. The van der Waals surface area contributed by atoms with Gasteiger partial charge in [-0.2, -0.15) is 0 Å². The fourth-order valence-electron chi connectivity index (χ4n) is 2.03. The average molecular weight is 191 g/mol. The molecule has 2 heterocycles. The van der Waals surface area contributed by atoms with Gasteiger partial charge in [-0.1, -0.05) is 12.5 Å². The molecular formula is C11H17N3. The van der Waals surface area contributed by atoms with Crippen molar-refractivity contribution in [2.45, 2.75) is 25.3 Å². The van der Waals surface area contributed by atoms with Gasteiger partial charge in [-0.3, -0.25) is 0 Å². The zero-order chi connectivity index (χ0) is 9.80. The Kier molecular flexibility index (Phi) is 2.99. The molecule has 3 heteroatoms. The second-order valence-corrected chi connectivity index (χ2v) is 3.69. The van der Waals surface area contributed by atoms with Gasteiger partial charge in [-0.25, -0.2) is 4.98 Å². The highest BCUT2D eigenvalue weighted by atomic mass is 15.0. The Morgan fingerprint density at radius 1 is 1.50 bits per heavy atom. The molecule has 14 heavy (non-hydrogen) atoms. The fourth-order valence-corrected chi connectivity index (χ4v) is 2.03. The largest absolute Gasteiger partial charge is 0.373 e. The van der Waals surface area contributed by atoms with Crippen LogP contribution < -0.4 is 10.6 Å². The van der Waals surface area contributed by atoms with Crippen LogP contribution in [0.1, 0.15) is 30.9 Å². The van der Waals surface area contributed by atoms with E-state index < -0.39 is 0 Å². The highest BCUT2D eigenvalue weighted by Crippen LogP contribution is 2.26. The van der Waals surface area contributed by atoms with E-state index in [2.05, 4.69) is 21.7 Å². The minimum absolute atomic E-state index is 0.486. The molecule has 1 aromatic rings. The molecule has 0 aliphatic carbocycles. The third-order valence-electron chi connectivity index (χ3n) is 2.76. The molecule has 0 radical (unpaired) electrons. The van der Waals surface area contributed by atoms with Crippen LogP contribution in [0.2, 0.25) is 0 Å². The lowest BCUT2D eigenvalue weighted by molar-refractivity contribution is 0.412. The summed E-state index contributed by atoms with van der Waals surface area (Å²) in [5.41, 5.74) is 1.30. The smallest absolute Gasteiger partial charge is 0.130 e. The zero-order valence-corrected chi connectivity index (χ0v) is 8.59. The van der Waals surface area contributed by atoms with Gasteiger partial charge in [0.15, 0.2) is 0 Å². The number of hydrogen-bond acceptors (Lipinski definition) is 3. The van der Waals surface area contributed by atoms with Crippen LogP contribution in [0.3, 0.4) is 0 Å². The second-order valence-electron chi connectivity index (χ2n) is 3.69. The van der Waals surface area contributed by atoms with Crippen molar-refractivity contribution in [2.24, 2.45) is 0 Å². The molecule has 0 bridgehead atoms. The summed E-state index contributed by atoms with van der Waals surface area (Å²) >= 11 is 0. The van der Waals surface area contributed by atoms with Crippen LogP contribution in [0.4, 0.5) is 5.82 Å². The number of pyridine rings is 1. The summed E-state index contributed by atoms with van der Waals surface area (Å²) in [6.07, 6.45) is 5.67. The maximum Gasteiger partial charge on any atom is 0.130 e. The Morgan fingerprint density at radius 2 is 2.43 bits per heavy atom. The van der Waals surface area contributed by atoms with E-state index in [9.17, 15) is 0 Å². The SMILES string of the molecule is CNc1ncccc1C1CCCCN1. The first-order valence-electron chi connectivity index (χ1n) is 5.28. The summed E-state index contributed by atoms with van der Waals surface area (Å²) in [6, 6.07) is 4.65. The summed E-state index contributed by atoms with van der Waals surface area (Å²) in [5.74, 6) is 1.01. The number of anilines is 1. The van der Waals surface area contributed by atoms with Crippen LogP contribution in [0.5, 0.6) is 0 Å². The first-order chi connectivity index (χ1) is 6.92. The van der Waals surface area contributed by atoms with Gasteiger partial charge < -0.3 is 10.6 Å². The molecule has 76 valence electrons. The highest BCUT2D eigenvalue weighted by Gasteiger charge is 2.17. The quantitative estimate of drug-likeness (QED) is 0.750. The van der Waals surface area contributed by atoms with Crippen LogP contribution in [-0.2, 0) is 0 Å². The van der Waals surface area contributed by atoms with E-state index in [1.807, 2.05) is 19.3 Å². The lowest BCUT2D eigenvalue weighted by Gasteiger charge is -2.25. The van der Waals surface area contributed by atoms with Crippen LogP contribution in [0.15, 0.2) is 18.3 Å². The first-order valence-corrected chi connectivity index (χ1v) is 5.28. The van der Waals surface area contributed by atoms with Gasteiger partial charge in [0, 0.05) is 24.8 Å². The molecular weight excluding hydrogens is 174 g/mol. The Morgan fingerprint density at radius 3 is 3.14 bits per heavy atom. The average Bonchev–Trinajstić information content (AvgIpc) is 2.30. The van der Waals surface area contributed by atoms with Crippen molar-refractivity contribution in [1.82, 2.24) is 10.3 Å². The second kappa shape index (κ2) is 4.42. The number of nitrogens with zero attached hydrogens (tertiary/aromatic N) is 1. The topological polar surface area (TPSA) is 37.0 Å². The van der Waals surface area contributed by atoms with E-state index in [1.165, 1.54) is 24.8 Å². The monoisotopic (exact) mass is 191 g/mol. The molecule has 1 aliphatic heterocycles. The molecule has 0 aromatic carbocycles. The third kappa shape index (κ3) is 1.87. The van der Waals surface area contributed by atoms with E-state index >= 15 is 0 Å². The van der Waals surface area contributed by atoms with Crippen molar-refractivity contribution in [3.63, 3.8) is 0 Å². The third-order valence-corrected chi connectivity index (χ3v) is 2.76. The van der Waals surface area contributed by atoms with Crippen LogP contribution in [0, 0.1) is 0 Å².